The predicted octanol–water partition coefficient (Wildman–Crippen LogP) is 2.11. The fourth-order valence-corrected chi connectivity index (χ4v) is 1.70. The van der Waals surface area contributed by atoms with Crippen LogP contribution in [0.4, 0.5) is 5.69 Å². The minimum absolute atomic E-state index is 0.350. The molecule has 0 atom stereocenters. The van der Waals surface area contributed by atoms with Crippen molar-refractivity contribution in [1.82, 2.24) is 14.8 Å². The van der Waals surface area contributed by atoms with E-state index in [1.165, 1.54) is 0 Å². The molecular formula is C13H18N4. The molecule has 0 aliphatic heterocycles. The van der Waals surface area contributed by atoms with Crippen LogP contribution in [-0.4, -0.2) is 14.8 Å². The molecule has 4 nitrogen and oxygen atoms in total. The van der Waals surface area contributed by atoms with Gasteiger partial charge in [-0.3, -0.25) is 4.68 Å². The number of nitrogens with two attached hydrogens (primary N) is 1. The van der Waals surface area contributed by atoms with E-state index in [-0.39, 0.29) is 0 Å². The fraction of sp³-hybridized carbons (Fsp3) is 0.385. The van der Waals surface area contributed by atoms with Crippen LogP contribution < -0.4 is 5.73 Å². The lowest BCUT2D eigenvalue weighted by Gasteiger charge is -2.03. The molecule has 0 spiro atoms. The SMILES string of the molecule is CC(C)c1nc(Cc2ccccc2N)n(C)n1. The van der Waals surface area contributed by atoms with Crippen molar-refractivity contribution in [2.75, 3.05) is 5.73 Å². The summed E-state index contributed by atoms with van der Waals surface area (Å²) in [6, 6.07) is 7.87. The molecule has 2 N–H and O–H groups in total. The van der Waals surface area contributed by atoms with Crippen LogP contribution in [0.25, 0.3) is 0 Å². The minimum atomic E-state index is 0.350. The lowest BCUT2D eigenvalue weighted by molar-refractivity contribution is 0.689. The first-order valence-electron chi connectivity index (χ1n) is 5.81. The van der Waals surface area contributed by atoms with E-state index in [9.17, 15) is 0 Å². The smallest absolute Gasteiger partial charge is 0.153 e. The molecule has 0 saturated carbocycles. The van der Waals surface area contributed by atoms with Crippen molar-refractivity contribution in [3.05, 3.63) is 41.5 Å². The number of benzene rings is 1. The summed E-state index contributed by atoms with van der Waals surface area (Å²) in [5.74, 6) is 2.19. The molecule has 90 valence electrons. The van der Waals surface area contributed by atoms with Gasteiger partial charge in [0.2, 0.25) is 0 Å². The second-order valence-corrected chi connectivity index (χ2v) is 4.54. The number of nitrogen functional groups attached to an aromatic ring is 1. The van der Waals surface area contributed by atoms with Gasteiger partial charge in [0, 0.05) is 25.1 Å². The number of nitrogens with zero attached hydrogens (tertiary/aromatic N) is 3. The molecular weight excluding hydrogens is 212 g/mol. The molecule has 1 heterocycles. The lowest BCUT2D eigenvalue weighted by atomic mass is 10.1. The maximum absolute atomic E-state index is 5.93. The summed E-state index contributed by atoms with van der Waals surface area (Å²) >= 11 is 0. The lowest BCUT2D eigenvalue weighted by Crippen LogP contribution is -2.02. The van der Waals surface area contributed by atoms with E-state index in [4.69, 9.17) is 5.73 Å². The van der Waals surface area contributed by atoms with Crippen LogP contribution in [0.5, 0.6) is 0 Å². The molecule has 0 aliphatic carbocycles. The Morgan fingerprint density at radius 3 is 2.59 bits per heavy atom. The van der Waals surface area contributed by atoms with Crippen LogP contribution in [0.1, 0.15) is 37.0 Å². The Bertz CT molecular complexity index is 514. The highest BCUT2D eigenvalue weighted by atomic mass is 15.3. The molecule has 1 aromatic carbocycles. The third-order valence-electron chi connectivity index (χ3n) is 2.79. The van der Waals surface area contributed by atoms with Crippen LogP contribution in [0.2, 0.25) is 0 Å². The Kier molecular flexibility index (Phi) is 3.13. The highest BCUT2D eigenvalue weighted by molar-refractivity contribution is 5.47. The predicted molar refractivity (Wildman–Crippen MR) is 68.8 cm³/mol. The van der Waals surface area contributed by atoms with Gasteiger partial charge in [0.05, 0.1) is 0 Å². The Morgan fingerprint density at radius 2 is 2.00 bits per heavy atom. The van der Waals surface area contributed by atoms with E-state index in [1.54, 1.807) is 0 Å². The average Bonchev–Trinajstić information content (AvgIpc) is 2.64. The number of aryl methyl sites for hydroxylation is 1. The molecule has 1 aromatic heterocycles. The highest BCUT2D eigenvalue weighted by Gasteiger charge is 2.11. The van der Waals surface area contributed by atoms with Gasteiger partial charge < -0.3 is 5.73 Å². The van der Waals surface area contributed by atoms with E-state index in [2.05, 4.69) is 23.9 Å². The van der Waals surface area contributed by atoms with Gasteiger partial charge in [-0.2, -0.15) is 5.10 Å². The zero-order valence-electron chi connectivity index (χ0n) is 10.5. The summed E-state index contributed by atoms with van der Waals surface area (Å²) in [5, 5.41) is 4.40. The molecule has 0 amide bonds. The zero-order valence-corrected chi connectivity index (χ0v) is 10.5. The molecule has 0 bridgehead atoms. The van der Waals surface area contributed by atoms with E-state index in [1.807, 2.05) is 36.0 Å². The van der Waals surface area contributed by atoms with Gasteiger partial charge in [0.15, 0.2) is 5.82 Å². The molecule has 0 aliphatic rings. The second-order valence-electron chi connectivity index (χ2n) is 4.54. The third-order valence-corrected chi connectivity index (χ3v) is 2.79. The monoisotopic (exact) mass is 230 g/mol. The highest BCUT2D eigenvalue weighted by Crippen LogP contribution is 2.16. The summed E-state index contributed by atoms with van der Waals surface area (Å²) in [6.07, 6.45) is 0.725. The van der Waals surface area contributed by atoms with Crippen molar-refractivity contribution in [2.24, 2.45) is 7.05 Å². The first kappa shape index (κ1) is 11.6. The van der Waals surface area contributed by atoms with Gasteiger partial charge >= 0.3 is 0 Å². The van der Waals surface area contributed by atoms with Crippen molar-refractivity contribution in [3.8, 4) is 0 Å². The maximum atomic E-state index is 5.93. The van der Waals surface area contributed by atoms with Crippen molar-refractivity contribution < 1.29 is 0 Å². The minimum Gasteiger partial charge on any atom is -0.398 e. The normalized spacial score (nSPS) is 11.1. The summed E-state index contributed by atoms with van der Waals surface area (Å²) < 4.78 is 1.84. The number of rotatable bonds is 3. The molecule has 17 heavy (non-hydrogen) atoms. The Hall–Kier alpha value is -1.84. The first-order chi connectivity index (χ1) is 8.08. The molecule has 2 rings (SSSR count). The molecule has 0 radical (unpaired) electrons. The zero-order chi connectivity index (χ0) is 12.4. The quantitative estimate of drug-likeness (QED) is 0.822. The summed E-state index contributed by atoms with van der Waals surface area (Å²) in [7, 11) is 1.92. The first-order valence-corrected chi connectivity index (χ1v) is 5.81. The molecule has 2 aromatic rings. The largest absolute Gasteiger partial charge is 0.398 e. The van der Waals surface area contributed by atoms with Crippen LogP contribution in [0.15, 0.2) is 24.3 Å². The van der Waals surface area contributed by atoms with Gasteiger partial charge in [-0.25, -0.2) is 4.98 Å². The number of anilines is 1. The Labute approximate surface area is 101 Å². The van der Waals surface area contributed by atoms with E-state index in [0.717, 1.165) is 29.3 Å². The van der Waals surface area contributed by atoms with E-state index in [0.29, 0.717) is 5.92 Å². The summed E-state index contributed by atoms with van der Waals surface area (Å²) in [5.41, 5.74) is 7.83. The van der Waals surface area contributed by atoms with Crippen molar-refractivity contribution in [3.63, 3.8) is 0 Å². The Balaban J connectivity index is 2.27. The number of hydrogen-bond acceptors (Lipinski definition) is 3. The van der Waals surface area contributed by atoms with Crippen LogP contribution >= 0.6 is 0 Å². The molecule has 0 unspecified atom stereocenters. The average molecular weight is 230 g/mol. The second kappa shape index (κ2) is 4.57. The summed E-state index contributed by atoms with van der Waals surface area (Å²) in [4.78, 5) is 4.54. The number of hydrogen-bond donors (Lipinski definition) is 1. The molecule has 0 saturated heterocycles. The van der Waals surface area contributed by atoms with Gasteiger partial charge in [-0.05, 0) is 11.6 Å². The topological polar surface area (TPSA) is 56.7 Å². The molecule has 4 heteroatoms. The number of para-hydroxylation sites is 1. The van der Waals surface area contributed by atoms with Gasteiger partial charge in [0.25, 0.3) is 0 Å². The summed E-state index contributed by atoms with van der Waals surface area (Å²) in [6.45, 7) is 4.19. The van der Waals surface area contributed by atoms with E-state index >= 15 is 0 Å². The van der Waals surface area contributed by atoms with Gasteiger partial charge in [-0.1, -0.05) is 32.0 Å². The van der Waals surface area contributed by atoms with Gasteiger partial charge in [-0.15, -0.1) is 0 Å². The van der Waals surface area contributed by atoms with Gasteiger partial charge in [0.1, 0.15) is 5.82 Å². The van der Waals surface area contributed by atoms with E-state index < -0.39 is 0 Å². The van der Waals surface area contributed by atoms with Crippen molar-refractivity contribution >= 4 is 5.69 Å². The van der Waals surface area contributed by atoms with Crippen LogP contribution in [0.3, 0.4) is 0 Å². The van der Waals surface area contributed by atoms with Crippen LogP contribution in [0, 0.1) is 0 Å². The van der Waals surface area contributed by atoms with Crippen molar-refractivity contribution in [1.29, 1.82) is 0 Å². The fourth-order valence-electron chi connectivity index (χ4n) is 1.70. The standard InChI is InChI=1S/C13H18N4/c1-9(2)13-15-12(17(3)16-13)8-10-6-4-5-7-11(10)14/h4-7,9H,8,14H2,1-3H3. The Morgan fingerprint density at radius 1 is 1.29 bits per heavy atom. The van der Waals surface area contributed by atoms with Crippen LogP contribution in [-0.2, 0) is 13.5 Å². The molecule has 0 fully saturated rings. The third kappa shape index (κ3) is 2.46. The maximum Gasteiger partial charge on any atom is 0.153 e. The van der Waals surface area contributed by atoms with Crippen molar-refractivity contribution in [2.45, 2.75) is 26.2 Å². The number of aromatic nitrogens is 3.